The van der Waals surface area contributed by atoms with Gasteiger partial charge in [0.05, 0.1) is 0 Å². The molecule has 0 saturated heterocycles. The van der Waals surface area contributed by atoms with Crippen LogP contribution in [0.5, 0.6) is 0 Å². The first-order valence-corrected chi connectivity index (χ1v) is 2.77. The Labute approximate surface area is 75.6 Å². The van der Waals surface area contributed by atoms with E-state index < -0.39 is 0 Å². The van der Waals surface area contributed by atoms with Crippen molar-refractivity contribution in [3.05, 3.63) is 30.6 Å². The van der Waals surface area contributed by atoms with Gasteiger partial charge in [-0.1, -0.05) is 6.07 Å². The number of rotatable bonds is 0. The summed E-state index contributed by atoms with van der Waals surface area (Å²) in [6, 6.07) is 5.72. The van der Waals surface area contributed by atoms with Crippen molar-refractivity contribution in [2.24, 2.45) is 0 Å². The van der Waals surface area contributed by atoms with E-state index in [1.165, 1.54) is 7.11 Å². The topological polar surface area (TPSA) is 22.1 Å². The molecule has 0 unspecified atom stereocenters. The molecule has 0 radical (unpaired) electrons. The minimum Gasteiger partial charge on any atom is -1.00 e. The average molecular weight is 209 g/mol. The molecule has 0 N–H and O–H groups in total. The summed E-state index contributed by atoms with van der Waals surface area (Å²) in [5, 5.41) is 0. The van der Waals surface area contributed by atoms with Gasteiger partial charge < -0.3 is 12.4 Å². The third kappa shape index (κ3) is 10.8. The van der Waals surface area contributed by atoms with E-state index in [2.05, 4.69) is 25.1 Å². The van der Waals surface area contributed by atoms with Gasteiger partial charge in [0.25, 0.3) is 0 Å². The Kier molecular flexibility index (Phi) is 14.7. The van der Waals surface area contributed by atoms with Gasteiger partial charge in [-0.2, -0.15) is 0 Å². The molecular weight excluding hydrogens is 201 g/mol. The second-order valence-electron chi connectivity index (χ2n) is 1.15. The number of pyridine rings is 1. The molecule has 61 valence electrons. The predicted molar refractivity (Wildman–Crippen MR) is 31.2 cm³/mol. The quantitative estimate of drug-likeness (QED) is 0.469. The van der Waals surface area contributed by atoms with Gasteiger partial charge in [-0.05, 0) is 12.1 Å². The van der Waals surface area contributed by atoms with E-state index in [1.807, 2.05) is 18.2 Å². The zero-order valence-corrected chi connectivity index (χ0v) is 7.12. The molecule has 0 fully saturated rings. The summed E-state index contributed by atoms with van der Waals surface area (Å²) < 4.78 is 3.81. The van der Waals surface area contributed by atoms with E-state index in [4.69, 9.17) is 0 Å². The van der Waals surface area contributed by atoms with E-state index in [9.17, 15) is 0 Å². The molecule has 0 atom stereocenters. The number of aromatic nitrogens is 1. The minimum atomic E-state index is 0. The summed E-state index contributed by atoms with van der Waals surface area (Å²) >= 11 is 4.01. The van der Waals surface area contributed by atoms with Crippen molar-refractivity contribution in [3.63, 3.8) is 0 Å². The first-order valence-electron chi connectivity index (χ1n) is 2.38. The predicted octanol–water partition coefficient (Wildman–Crippen LogP) is -1.82. The van der Waals surface area contributed by atoms with Crippen molar-refractivity contribution in [1.29, 1.82) is 0 Å². The SMILES string of the molecule is C[O][Cu+].[Cl-].c1ccncc1. The summed E-state index contributed by atoms with van der Waals surface area (Å²) in [6.07, 6.45) is 3.50. The van der Waals surface area contributed by atoms with Crippen molar-refractivity contribution in [2.75, 3.05) is 7.11 Å². The third-order valence-electron chi connectivity index (χ3n) is 0.566. The van der Waals surface area contributed by atoms with Gasteiger partial charge in [0.2, 0.25) is 0 Å². The average Bonchev–Trinajstić information content (AvgIpc) is 1.93. The summed E-state index contributed by atoms with van der Waals surface area (Å²) in [5.41, 5.74) is 0. The normalized spacial score (nSPS) is 6.70. The van der Waals surface area contributed by atoms with Crippen LogP contribution in [0, 0.1) is 0 Å². The van der Waals surface area contributed by atoms with Crippen LogP contribution in [0.25, 0.3) is 0 Å². The van der Waals surface area contributed by atoms with Crippen LogP contribution in [0.15, 0.2) is 30.6 Å². The zero-order chi connectivity index (χ0) is 6.95. The molecule has 0 spiro atoms. The van der Waals surface area contributed by atoms with Gasteiger partial charge in [-0.25, -0.2) is 0 Å². The van der Waals surface area contributed by atoms with Crippen LogP contribution in [-0.2, 0) is 20.2 Å². The van der Waals surface area contributed by atoms with Crippen LogP contribution >= 0.6 is 0 Å². The largest absolute Gasteiger partial charge is 1.00 e. The van der Waals surface area contributed by atoms with E-state index in [0.29, 0.717) is 0 Å². The molecule has 1 rings (SSSR count). The Balaban J connectivity index is 0. The van der Waals surface area contributed by atoms with E-state index in [-0.39, 0.29) is 12.4 Å². The molecule has 1 aromatic heterocycles. The van der Waals surface area contributed by atoms with Gasteiger partial charge in [0.1, 0.15) is 0 Å². The van der Waals surface area contributed by atoms with Gasteiger partial charge in [-0.3, -0.25) is 4.98 Å². The summed E-state index contributed by atoms with van der Waals surface area (Å²) in [6.45, 7) is 0. The molecule has 0 saturated carbocycles. The Morgan fingerprint density at radius 3 is 1.70 bits per heavy atom. The summed E-state index contributed by atoms with van der Waals surface area (Å²) in [4.78, 5) is 3.78. The molecule has 1 aromatic rings. The minimum absolute atomic E-state index is 0. The van der Waals surface area contributed by atoms with E-state index in [1.54, 1.807) is 12.4 Å². The Hall–Kier alpha value is -0.0805. The molecule has 1 heterocycles. The number of hydrogen-bond acceptors (Lipinski definition) is 2. The van der Waals surface area contributed by atoms with Crippen LogP contribution in [0.1, 0.15) is 0 Å². The fraction of sp³-hybridized carbons (Fsp3) is 0.167. The van der Waals surface area contributed by atoms with Crippen LogP contribution in [-0.4, -0.2) is 12.1 Å². The van der Waals surface area contributed by atoms with E-state index in [0.717, 1.165) is 0 Å². The molecule has 2 nitrogen and oxygen atoms in total. The van der Waals surface area contributed by atoms with Crippen molar-refractivity contribution in [2.45, 2.75) is 0 Å². The maximum absolute atomic E-state index is 4.01. The zero-order valence-electron chi connectivity index (χ0n) is 5.42. The van der Waals surface area contributed by atoms with Gasteiger partial charge in [0.15, 0.2) is 0 Å². The van der Waals surface area contributed by atoms with Gasteiger partial charge >= 0.3 is 27.3 Å². The molecule has 0 aliphatic heterocycles. The molecule has 0 bridgehead atoms. The maximum atomic E-state index is 4.01. The molecule has 0 aromatic carbocycles. The third-order valence-corrected chi connectivity index (χ3v) is 0.566. The van der Waals surface area contributed by atoms with Crippen molar-refractivity contribution >= 4 is 0 Å². The number of nitrogens with zero attached hydrogens (tertiary/aromatic N) is 1. The van der Waals surface area contributed by atoms with Crippen molar-refractivity contribution < 1.29 is 32.6 Å². The van der Waals surface area contributed by atoms with Gasteiger partial charge in [-0.15, -0.1) is 0 Å². The molecule has 0 amide bonds. The maximum Gasteiger partial charge on any atom is 0.0267 e. The van der Waals surface area contributed by atoms with Crippen LogP contribution in [0.3, 0.4) is 0 Å². The first kappa shape index (κ1) is 12.6. The second kappa shape index (κ2) is 11.7. The first-order chi connectivity index (χ1) is 4.41. The van der Waals surface area contributed by atoms with Crippen molar-refractivity contribution in [3.8, 4) is 0 Å². The second-order valence-corrected chi connectivity index (χ2v) is 1.53. The fourth-order valence-electron chi connectivity index (χ4n) is 0.313. The van der Waals surface area contributed by atoms with E-state index >= 15 is 0 Å². The summed E-state index contributed by atoms with van der Waals surface area (Å²) in [5.74, 6) is 0. The Morgan fingerprint density at radius 2 is 1.60 bits per heavy atom. The van der Waals surface area contributed by atoms with Crippen LogP contribution in [0.4, 0.5) is 0 Å². The molecule has 0 aliphatic carbocycles. The Morgan fingerprint density at radius 1 is 1.20 bits per heavy atom. The van der Waals surface area contributed by atoms with Crippen LogP contribution < -0.4 is 12.4 Å². The monoisotopic (exact) mass is 208 g/mol. The fourth-order valence-corrected chi connectivity index (χ4v) is 0.313. The molecule has 0 aliphatic rings. The number of halogens is 1. The molecular formula is C6H8ClCuNO. The molecule has 10 heavy (non-hydrogen) atoms. The standard InChI is InChI=1S/C5H5N.CH3O.ClH.Cu/c1-2-4-6-5-3-1;1-2;;/h1-5H;1H3;1H;/q;-1;;+2/p-1. The smallest absolute Gasteiger partial charge is 0.0267 e. The van der Waals surface area contributed by atoms with Crippen LogP contribution in [0.2, 0.25) is 0 Å². The van der Waals surface area contributed by atoms with Crippen molar-refractivity contribution in [1.82, 2.24) is 4.98 Å². The molecule has 4 heteroatoms. The Bertz CT molecular complexity index is 101. The number of hydrogen-bond donors (Lipinski definition) is 0. The summed E-state index contributed by atoms with van der Waals surface area (Å²) in [7, 11) is 1.43. The van der Waals surface area contributed by atoms with Gasteiger partial charge in [0, 0.05) is 12.4 Å².